The number of aryl methyl sites for hydroxylation is 2. The lowest BCUT2D eigenvalue weighted by molar-refractivity contribution is 0.163. The van der Waals surface area contributed by atoms with Gasteiger partial charge in [-0.15, -0.1) is 0 Å². The van der Waals surface area contributed by atoms with Crippen LogP contribution in [0.15, 0.2) is 6.20 Å². The summed E-state index contributed by atoms with van der Waals surface area (Å²) in [5.74, 6) is 0. The van der Waals surface area contributed by atoms with E-state index in [0.29, 0.717) is 0 Å². The Labute approximate surface area is 96.7 Å². The van der Waals surface area contributed by atoms with Gasteiger partial charge in [0.2, 0.25) is 0 Å². The van der Waals surface area contributed by atoms with Gasteiger partial charge < -0.3 is 10.4 Å². The highest BCUT2D eigenvalue weighted by Crippen LogP contribution is 2.29. The van der Waals surface area contributed by atoms with Gasteiger partial charge in [0.25, 0.3) is 0 Å². The monoisotopic (exact) mass is 223 g/mol. The standard InChI is InChI=1S/C12H21N3O/c1-10-11(8-15(2)14-10)7-13-12(9-16)5-3-4-6-12/h8,13,16H,3-7,9H2,1-2H3. The highest BCUT2D eigenvalue weighted by molar-refractivity contribution is 5.15. The summed E-state index contributed by atoms with van der Waals surface area (Å²) < 4.78 is 1.84. The summed E-state index contributed by atoms with van der Waals surface area (Å²) in [6, 6.07) is 0. The predicted molar refractivity (Wildman–Crippen MR) is 63.1 cm³/mol. The van der Waals surface area contributed by atoms with Crippen LogP contribution < -0.4 is 5.32 Å². The van der Waals surface area contributed by atoms with Crippen molar-refractivity contribution in [3.8, 4) is 0 Å². The molecule has 0 aromatic carbocycles. The van der Waals surface area contributed by atoms with Gasteiger partial charge in [0.05, 0.1) is 12.3 Å². The lowest BCUT2D eigenvalue weighted by Crippen LogP contribution is -2.45. The first kappa shape index (κ1) is 11.6. The van der Waals surface area contributed by atoms with E-state index in [9.17, 15) is 5.11 Å². The van der Waals surface area contributed by atoms with Gasteiger partial charge in [-0.2, -0.15) is 5.10 Å². The summed E-state index contributed by atoms with van der Waals surface area (Å²) in [5.41, 5.74) is 2.26. The van der Waals surface area contributed by atoms with Gasteiger partial charge in [0, 0.05) is 30.9 Å². The fourth-order valence-corrected chi connectivity index (χ4v) is 2.55. The summed E-state index contributed by atoms with van der Waals surface area (Å²) in [4.78, 5) is 0. The van der Waals surface area contributed by atoms with Crippen molar-refractivity contribution >= 4 is 0 Å². The minimum atomic E-state index is -0.0394. The summed E-state index contributed by atoms with van der Waals surface area (Å²) in [6.07, 6.45) is 6.66. The molecular formula is C12H21N3O. The van der Waals surface area contributed by atoms with Gasteiger partial charge in [-0.1, -0.05) is 12.8 Å². The Kier molecular flexibility index (Phi) is 3.30. The fourth-order valence-electron chi connectivity index (χ4n) is 2.55. The molecule has 0 saturated heterocycles. The molecule has 0 radical (unpaired) electrons. The molecule has 16 heavy (non-hydrogen) atoms. The number of aromatic nitrogens is 2. The minimum absolute atomic E-state index is 0.0394. The quantitative estimate of drug-likeness (QED) is 0.804. The third-order valence-electron chi connectivity index (χ3n) is 3.63. The van der Waals surface area contributed by atoms with Gasteiger partial charge in [-0.05, 0) is 19.8 Å². The number of nitrogens with one attached hydrogen (secondary N) is 1. The number of hydrogen-bond acceptors (Lipinski definition) is 3. The third-order valence-corrected chi connectivity index (χ3v) is 3.63. The Hall–Kier alpha value is -0.870. The molecule has 1 heterocycles. The molecule has 1 saturated carbocycles. The molecule has 0 spiro atoms. The topological polar surface area (TPSA) is 50.1 Å². The van der Waals surface area contributed by atoms with Gasteiger partial charge in [0.1, 0.15) is 0 Å². The SMILES string of the molecule is Cc1nn(C)cc1CNC1(CO)CCCC1. The van der Waals surface area contributed by atoms with E-state index in [1.54, 1.807) is 0 Å². The molecule has 0 atom stereocenters. The molecule has 4 nitrogen and oxygen atoms in total. The highest BCUT2D eigenvalue weighted by atomic mass is 16.3. The van der Waals surface area contributed by atoms with Crippen molar-refractivity contribution in [3.63, 3.8) is 0 Å². The van der Waals surface area contributed by atoms with Crippen LogP contribution in [0.4, 0.5) is 0 Å². The van der Waals surface area contributed by atoms with Crippen molar-refractivity contribution in [2.75, 3.05) is 6.61 Å². The smallest absolute Gasteiger partial charge is 0.0638 e. The second-order valence-electron chi connectivity index (χ2n) is 4.91. The van der Waals surface area contributed by atoms with Crippen LogP contribution in [-0.4, -0.2) is 27.0 Å². The van der Waals surface area contributed by atoms with Crippen LogP contribution in [0.5, 0.6) is 0 Å². The van der Waals surface area contributed by atoms with E-state index in [0.717, 1.165) is 25.1 Å². The van der Waals surface area contributed by atoms with Crippen LogP contribution in [0.2, 0.25) is 0 Å². The molecule has 0 unspecified atom stereocenters. The Balaban J connectivity index is 1.98. The summed E-state index contributed by atoms with van der Waals surface area (Å²) in [6.45, 7) is 3.07. The van der Waals surface area contributed by atoms with Crippen LogP contribution in [0.1, 0.15) is 36.9 Å². The van der Waals surface area contributed by atoms with Gasteiger partial charge in [0.15, 0.2) is 0 Å². The zero-order valence-corrected chi connectivity index (χ0v) is 10.2. The first-order valence-corrected chi connectivity index (χ1v) is 6.00. The van der Waals surface area contributed by atoms with Crippen LogP contribution in [0.3, 0.4) is 0 Å². The fraction of sp³-hybridized carbons (Fsp3) is 0.750. The maximum atomic E-state index is 9.49. The number of aliphatic hydroxyl groups excluding tert-OH is 1. The lowest BCUT2D eigenvalue weighted by Gasteiger charge is -2.28. The molecule has 90 valence electrons. The van der Waals surface area contributed by atoms with Crippen LogP contribution in [-0.2, 0) is 13.6 Å². The van der Waals surface area contributed by atoms with E-state index < -0.39 is 0 Å². The first-order valence-electron chi connectivity index (χ1n) is 6.00. The van der Waals surface area contributed by atoms with Crippen LogP contribution in [0.25, 0.3) is 0 Å². The molecule has 0 amide bonds. The van der Waals surface area contributed by atoms with Crippen molar-refractivity contribution in [2.24, 2.45) is 7.05 Å². The van der Waals surface area contributed by atoms with E-state index in [1.807, 2.05) is 24.9 Å². The molecule has 1 aliphatic carbocycles. The van der Waals surface area contributed by atoms with Crippen LogP contribution in [0, 0.1) is 6.92 Å². The number of hydrogen-bond donors (Lipinski definition) is 2. The van der Waals surface area contributed by atoms with Crippen LogP contribution >= 0.6 is 0 Å². The molecule has 1 fully saturated rings. The third kappa shape index (κ3) is 2.28. The minimum Gasteiger partial charge on any atom is -0.394 e. The maximum absolute atomic E-state index is 9.49. The molecule has 0 aliphatic heterocycles. The van der Waals surface area contributed by atoms with Gasteiger partial charge in [-0.25, -0.2) is 0 Å². The molecule has 0 bridgehead atoms. The lowest BCUT2D eigenvalue weighted by atomic mass is 9.98. The highest BCUT2D eigenvalue weighted by Gasteiger charge is 2.32. The van der Waals surface area contributed by atoms with E-state index in [4.69, 9.17) is 0 Å². The largest absolute Gasteiger partial charge is 0.394 e. The Bertz CT molecular complexity index is 353. The van der Waals surface area contributed by atoms with Crippen molar-refractivity contribution in [2.45, 2.75) is 44.7 Å². The predicted octanol–water partition coefficient (Wildman–Crippen LogP) is 1.12. The Morgan fingerprint density at radius 1 is 1.50 bits per heavy atom. The van der Waals surface area contributed by atoms with E-state index in [1.165, 1.54) is 18.4 Å². The van der Waals surface area contributed by atoms with Crippen molar-refractivity contribution in [1.82, 2.24) is 15.1 Å². The zero-order chi connectivity index (χ0) is 11.6. The van der Waals surface area contributed by atoms with Crippen molar-refractivity contribution < 1.29 is 5.11 Å². The van der Waals surface area contributed by atoms with Gasteiger partial charge in [-0.3, -0.25) is 4.68 Å². The molecule has 2 N–H and O–H groups in total. The molecule has 2 rings (SSSR count). The summed E-state index contributed by atoms with van der Waals surface area (Å²) >= 11 is 0. The number of nitrogens with zero attached hydrogens (tertiary/aromatic N) is 2. The van der Waals surface area contributed by atoms with E-state index in [2.05, 4.69) is 10.4 Å². The Morgan fingerprint density at radius 2 is 2.19 bits per heavy atom. The molecule has 1 aromatic heterocycles. The average Bonchev–Trinajstić information content (AvgIpc) is 2.84. The number of aliphatic hydroxyl groups is 1. The first-order chi connectivity index (χ1) is 7.65. The Morgan fingerprint density at radius 3 is 2.69 bits per heavy atom. The molecular weight excluding hydrogens is 202 g/mol. The average molecular weight is 223 g/mol. The maximum Gasteiger partial charge on any atom is 0.0638 e. The number of rotatable bonds is 4. The van der Waals surface area contributed by atoms with Crippen molar-refractivity contribution in [1.29, 1.82) is 0 Å². The van der Waals surface area contributed by atoms with E-state index >= 15 is 0 Å². The van der Waals surface area contributed by atoms with Gasteiger partial charge >= 0.3 is 0 Å². The zero-order valence-electron chi connectivity index (χ0n) is 10.2. The van der Waals surface area contributed by atoms with E-state index in [-0.39, 0.29) is 12.1 Å². The second kappa shape index (κ2) is 4.55. The second-order valence-corrected chi connectivity index (χ2v) is 4.91. The molecule has 1 aromatic rings. The normalized spacial score (nSPS) is 19.2. The van der Waals surface area contributed by atoms with Crippen molar-refractivity contribution in [3.05, 3.63) is 17.5 Å². The summed E-state index contributed by atoms with van der Waals surface area (Å²) in [7, 11) is 1.94. The summed E-state index contributed by atoms with van der Waals surface area (Å²) in [5, 5.41) is 17.3. The molecule has 4 heteroatoms. The molecule has 1 aliphatic rings.